The number of hydrogen-bond acceptors (Lipinski definition) is 6. The van der Waals surface area contributed by atoms with E-state index in [0.717, 1.165) is 0 Å². The second-order valence-corrected chi connectivity index (χ2v) is 3.79. The molecule has 1 fully saturated rings. The minimum atomic E-state index is -0.631. The number of hydrogen-bond donors (Lipinski definition) is 1. The molecule has 1 unspecified atom stereocenters. The first kappa shape index (κ1) is 11.3. The van der Waals surface area contributed by atoms with Gasteiger partial charge in [-0.15, -0.1) is 0 Å². The molecule has 1 aromatic heterocycles. The summed E-state index contributed by atoms with van der Waals surface area (Å²) in [5.74, 6) is 0.490. The van der Waals surface area contributed by atoms with E-state index in [-0.39, 0.29) is 11.4 Å². The van der Waals surface area contributed by atoms with Gasteiger partial charge in [0.2, 0.25) is 5.69 Å². The Labute approximate surface area is 97.1 Å². The highest BCUT2D eigenvalue weighted by atomic mass is 16.6. The van der Waals surface area contributed by atoms with Gasteiger partial charge in [-0.05, 0) is 12.5 Å². The third kappa shape index (κ3) is 2.16. The Morgan fingerprint density at radius 2 is 2.41 bits per heavy atom. The van der Waals surface area contributed by atoms with E-state index < -0.39 is 11.0 Å². The largest absolute Gasteiger partial charge is 0.391 e. The number of anilines is 1. The molecule has 1 aliphatic heterocycles. The Morgan fingerprint density at radius 1 is 1.65 bits per heavy atom. The maximum Gasteiger partial charge on any atom is 0.305 e. The lowest BCUT2D eigenvalue weighted by Crippen LogP contribution is -2.22. The van der Waals surface area contributed by atoms with Crippen LogP contribution < -0.4 is 4.90 Å². The molecule has 0 radical (unpaired) electrons. The van der Waals surface area contributed by atoms with Crippen molar-refractivity contribution in [2.24, 2.45) is 0 Å². The fourth-order valence-electron chi connectivity index (χ4n) is 1.80. The van der Waals surface area contributed by atoms with Crippen LogP contribution in [0.25, 0.3) is 0 Å². The van der Waals surface area contributed by atoms with Crippen LogP contribution in [0.15, 0.2) is 12.1 Å². The van der Waals surface area contributed by atoms with Gasteiger partial charge in [-0.2, -0.15) is 5.26 Å². The number of nitriles is 1. The Morgan fingerprint density at radius 3 is 2.94 bits per heavy atom. The molecule has 0 aromatic carbocycles. The predicted octanol–water partition coefficient (Wildman–Crippen LogP) is 0.432. The molecule has 0 amide bonds. The molecule has 1 saturated heterocycles. The molecule has 2 rings (SSSR count). The molecule has 0 saturated carbocycles. The minimum Gasteiger partial charge on any atom is -0.391 e. The number of pyridine rings is 1. The molecule has 1 aliphatic rings. The molecule has 1 aromatic rings. The lowest BCUT2D eigenvalue weighted by Gasteiger charge is -2.16. The van der Waals surface area contributed by atoms with Gasteiger partial charge in [0, 0.05) is 19.2 Å². The highest BCUT2D eigenvalue weighted by molar-refractivity contribution is 5.52. The summed E-state index contributed by atoms with van der Waals surface area (Å²) in [5.41, 5.74) is -0.495. The average Bonchev–Trinajstić information content (AvgIpc) is 2.75. The normalized spacial score (nSPS) is 19.1. The molecule has 2 heterocycles. The van der Waals surface area contributed by atoms with Gasteiger partial charge in [0.25, 0.3) is 0 Å². The topological polar surface area (TPSA) is 103 Å². The average molecular weight is 234 g/mol. The van der Waals surface area contributed by atoms with Gasteiger partial charge in [0.05, 0.1) is 11.0 Å². The first-order chi connectivity index (χ1) is 8.11. The van der Waals surface area contributed by atoms with E-state index in [2.05, 4.69) is 4.98 Å². The van der Waals surface area contributed by atoms with E-state index in [4.69, 9.17) is 5.26 Å². The first-order valence-electron chi connectivity index (χ1n) is 5.10. The molecule has 88 valence electrons. The van der Waals surface area contributed by atoms with Crippen molar-refractivity contribution in [2.75, 3.05) is 18.0 Å². The van der Waals surface area contributed by atoms with Crippen molar-refractivity contribution in [2.45, 2.75) is 12.5 Å². The van der Waals surface area contributed by atoms with Crippen molar-refractivity contribution in [1.29, 1.82) is 5.26 Å². The predicted molar refractivity (Wildman–Crippen MR) is 58.4 cm³/mol. The van der Waals surface area contributed by atoms with Crippen LogP contribution >= 0.6 is 0 Å². The minimum absolute atomic E-state index is 0.200. The van der Waals surface area contributed by atoms with E-state index in [9.17, 15) is 15.2 Å². The monoisotopic (exact) mass is 234 g/mol. The SMILES string of the molecule is N#Cc1nc(N2CCC(O)C2)ccc1[N+](=O)[O-]. The lowest BCUT2D eigenvalue weighted by atomic mass is 10.3. The van der Waals surface area contributed by atoms with Crippen LogP contribution in [0.1, 0.15) is 12.1 Å². The molecule has 1 atom stereocenters. The molecule has 17 heavy (non-hydrogen) atoms. The Kier molecular flexibility index (Phi) is 2.89. The van der Waals surface area contributed by atoms with E-state index in [0.29, 0.717) is 25.3 Å². The smallest absolute Gasteiger partial charge is 0.305 e. The molecular weight excluding hydrogens is 224 g/mol. The third-order valence-corrected chi connectivity index (χ3v) is 2.65. The highest BCUT2D eigenvalue weighted by Crippen LogP contribution is 2.23. The number of aliphatic hydroxyl groups excluding tert-OH is 1. The number of aromatic nitrogens is 1. The van der Waals surface area contributed by atoms with E-state index in [1.165, 1.54) is 12.1 Å². The zero-order chi connectivity index (χ0) is 12.4. The van der Waals surface area contributed by atoms with Crippen molar-refractivity contribution in [3.05, 3.63) is 27.9 Å². The van der Waals surface area contributed by atoms with Gasteiger partial charge < -0.3 is 10.0 Å². The van der Waals surface area contributed by atoms with Crippen LogP contribution in [-0.4, -0.2) is 34.2 Å². The third-order valence-electron chi connectivity index (χ3n) is 2.65. The number of rotatable bonds is 2. The fourth-order valence-corrected chi connectivity index (χ4v) is 1.80. The van der Waals surface area contributed by atoms with Crippen LogP contribution in [0.2, 0.25) is 0 Å². The van der Waals surface area contributed by atoms with Crippen LogP contribution in [0.4, 0.5) is 11.5 Å². The molecule has 0 aliphatic carbocycles. The molecule has 7 nitrogen and oxygen atoms in total. The summed E-state index contributed by atoms with van der Waals surface area (Å²) in [5, 5.41) is 28.8. The van der Waals surface area contributed by atoms with Gasteiger partial charge in [-0.3, -0.25) is 10.1 Å². The number of nitrogens with zero attached hydrogens (tertiary/aromatic N) is 4. The molecule has 0 bridgehead atoms. The van der Waals surface area contributed by atoms with Crippen LogP contribution in [0, 0.1) is 21.4 Å². The highest BCUT2D eigenvalue weighted by Gasteiger charge is 2.23. The van der Waals surface area contributed by atoms with Crippen molar-refractivity contribution in [3.63, 3.8) is 0 Å². The Hall–Kier alpha value is -2.20. The summed E-state index contributed by atoms with van der Waals surface area (Å²) in [7, 11) is 0. The van der Waals surface area contributed by atoms with Gasteiger partial charge >= 0.3 is 5.69 Å². The van der Waals surface area contributed by atoms with Crippen LogP contribution in [0.3, 0.4) is 0 Å². The molecule has 0 spiro atoms. The fraction of sp³-hybridized carbons (Fsp3) is 0.400. The second-order valence-electron chi connectivity index (χ2n) is 3.79. The van der Waals surface area contributed by atoms with Crippen molar-refractivity contribution in [1.82, 2.24) is 4.98 Å². The van der Waals surface area contributed by atoms with Gasteiger partial charge in [0.1, 0.15) is 11.9 Å². The number of β-amino-alcohol motifs (C(OH)–C–C–N with tert-alkyl or cyclic N) is 1. The molecule has 1 N–H and O–H groups in total. The molecule has 7 heteroatoms. The van der Waals surface area contributed by atoms with E-state index >= 15 is 0 Å². The van der Waals surface area contributed by atoms with Crippen molar-refractivity contribution >= 4 is 11.5 Å². The summed E-state index contributed by atoms with van der Waals surface area (Å²) in [6.45, 7) is 1.08. The Balaban J connectivity index is 2.32. The maximum absolute atomic E-state index is 10.6. The van der Waals surface area contributed by atoms with E-state index in [1.54, 1.807) is 11.0 Å². The van der Waals surface area contributed by atoms with Crippen LogP contribution in [-0.2, 0) is 0 Å². The number of aliphatic hydroxyl groups is 1. The van der Waals surface area contributed by atoms with Crippen LogP contribution in [0.5, 0.6) is 0 Å². The summed E-state index contributed by atoms with van der Waals surface area (Å²) >= 11 is 0. The Bertz CT molecular complexity index is 497. The summed E-state index contributed by atoms with van der Waals surface area (Å²) in [6, 6.07) is 4.48. The van der Waals surface area contributed by atoms with Gasteiger partial charge in [0.15, 0.2) is 0 Å². The number of nitro groups is 1. The van der Waals surface area contributed by atoms with Crippen molar-refractivity contribution in [3.8, 4) is 6.07 Å². The van der Waals surface area contributed by atoms with E-state index in [1.807, 2.05) is 0 Å². The van der Waals surface area contributed by atoms with Gasteiger partial charge in [-0.25, -0.2) is 4.98 Å². The summed E-state index contributed by atoms with van der Waals surface area (Å²) < 4.78 is 0. The molecular formula is C10H10N4O3. The zero-order valence-electron chi connectivity index (χ0n) is 8.91. The second kappa shape index (κ2) is 4.35. The summed E-state index contributed by atoms with van der Waals surface area (Å²) in [6.07, 6.45) is 0.234. The van der Waals surface area contributed by atoms with Crippen molar-refractivity contribution < 1.29 is 10.0 Å². The van der Waals surface area contributed by atoms with Gasteiger partial charge in [-0.1, -0.05) is 0 Å². The first-order valence-corrected chi connectivity index (χ1v) is 5.10. The summed E-state index contributed by atoms with van der Waals surface area (Å²) in [4.78, 5) is 15.7. The maximum atomic E-state index is 10.6. The lowest BCUT2D eigenvalue weighted by molar-refractivity contribution is -0.385. The zero-order valence-corrected chi connectivity index (χ0v) is 8.91. The quantitative estimate of drug-likeness (QED) is 0.588. The standard InChI is InChI=1S/C10H10N4O3/c11-5-8-9(14(16)17)1-2-10(12-8)13-4-3-7(15)6-13/h1-2,7,15H,3-4,6H2.